The summed E-state index contributed by atoms with van der Waals surface area (Å²) < 4.78 is 28.5. The molecule has 0 amide bonds. The van der Waals surface area contributed by atoms with E-state index >= 15 is 0 Å². The monoisotopic (exact) mass is 546 g/mol. The third-order valence-electron chi connectivity index (χ3n) is 5.71. The molecule has 10 nitrogen and oxygen atoms in total. The van der Waals surface area contributed by atoms with E-state index in [4.69, 9.17) is 9.97 Å². The first kappa shape index (κ1) is 24.4. The van der Waals surface area contributed by atoms with Crippen LogP contribution < -0.4 is 15.4 Å². The average molecular weight is 547 g/mol. The van der Waals surface area contributed by atoms with Crippen molar-refractivity contribution in [2.75, 3.05) is 16.9 Å². The second-order valence-electron chi connectivity index (χ2n) is 8.86. The molecule has 1 aliphatic rings. The molecule has 0 aliphatic heterocycles. The minimum Gasteiger partial charge on any atom is -0.351 e. The molecule has 1 aromatic carbocycles. The highest BCUT2D eigenvalue weighted by Crippen LogP contribution is 2.29. The van der Waals surface area contributed by atoms with E-state index in [1.165, 1.54) is 6.26 Å². The quantitative estimate of drug-likeness (QED) is 0.403. The Labute approximate surface area is 207 Å². The van der Waals surface area contributed by atoms with Gasteiger partial charge in [-0.05, 0) is 57.7 Å². The van der Waals surface area contributed by atoms with Gasteiger partial charge in [0.2, 0.25) is 16.0 Å². The first-order chi connectivity index (χ1) is 16.1. The van der Waals surface area contributed by atoms with E-state index < -0.39 is 10.0 Å². The van der Waals surface area contributed by atoms with Gasteiger partial charge in [-0.15, -0.1) is 0 Å². The summed E-state index contributed by atoms with van der Waals surface area (Å²) in [6.07, 6.45) is 6.05. The molecule has 1 fully saturated rings. The van der Waals surface area contributed by atoms with Crippen molar-refractivity contribution in [1.82, 2.24) is 24.2 Å². The number of anilines is 3. The molecule has 2 aromatic heterocycles. The molecule has 0 unspecified atom stereocenters. The van der Waals surface area contributed by atoms with Crippen LogP contribution in [-0.4, -0.2) is 46.3 Å². The number of halogens is 1. The number of sulfonamides is 1. The summed E-state index contributed by atoms with van der Waals surface area (Å²) in [4.78, 5) is 14.0. The van der Waals surface area contributed by atoms with Gasteiger partial charge in [-0.25, -0.2) is 18.1 Å². The van der Waals surface area contributed by atoms with E-state index in [0.717, 1.165) is 30.2 Å². The molecular formula is C22H27BrN8O2S. The SMILES string of the molecule is CC(C)n1cnc2c(Nc3cc(Br)cc(C#N)c3)nc(NC3CCC(NS(C)(=O)=O)CC3)nc21. The second kappa shape index (κ2) is 9.85. The number of hydrogen-bond donors (Lipinski definition) is 3. The Morgan fingerprint density at radius 3 is 2.50 bits per heavy atom. The zero-order chi connectivity index (χ0) is 24.5. The summed E-state index contributed by atoms with van der Waals surface area (Å²) in [5.74, 6) is 1.02. The van der Waals surface area contributed by atoms with Crippen LogP contribution in [0.5, 0.6) is 0 Å². The number of benzene rings is 1. The number of aromatic nitrogens is 4. The van der Waals surface area contributed by atoms with Gasteiger partial charge >= 0.3 is 0 Å². The predicted octanol–water partition coefficient (Wildman–Crippen LogP) is 4.06. The maximum atomic E-state index is 11.5. The molecular weight excluding hydrogens is 520 g/mol. The highest BCUT2D eigenvalue weighted by atomic mass is 79.9. The highest BCUT2D eigenvalue weighted by molar-refractivity contribution is 9.10. The Kier molecular flexibility index (Phi) is 7.06. The second-order valence-corrected chi connectivity index (χ2v) is 11.6. The summed E-state index contributed by atoms with van der Waals surface area (Å²) in [6, 6.07) is 7.78. The molecule has 2 heterocycles. The molecule has 0 atom stereocenters. The number of fused-ring (bicyclic) bond motifs is 1. The molecule has 0 saturated heterocycles. The third-order valence-corrected chi connectivity index (χ3v) is 6.93. The van der Waals surface area contributed by atoms with Crippen molar-refractivity contribution in [3.8, 4) is 6.07 Å². The molecule has 1 saturated carbocycles. The number of nitrogens with zero attached hydrogens (tertiary/aromatic N) is 5. The first-order valence-electron chi connectivity index (χ1n) is 11.1. The number of nitrogens with one attached hydrogen (secondary N) is 3. The zero-order valence-electron chi connectivity index (χ0n) is 19.2. The Morgan fingerprint density at radius 1 is 1.15 bits per heavy atom. The van der Waals surface area contributed by atoms with Gasteiger partial charge in [0.15, 0.2) is 17.0 Å². The van der Waals surface area contributed by atoms with Crippen LogP contribution in [-0.2, 0) is 10.0 Å². The molecule has 3 aromatic rings. The number of imidazole rings is 1. The van der Waals surface area contributed by atoms with Crippen molar-refractivity contribution in [3.05, 3.63) is 34.6 Å². The van der Waals surface area contributed by atoms with Crippen LogP contribution >= 0.6 is 15.9 Å². The third kappa shape index (κ3) is 5.84. The minimum absolute atomic E-state index is 0.0399. The van der Waals surface area contributed by atoms with Gasteiger partial charge in [0.05, 0.1) is 24.2 Å². The van der Waals surface area contributed by atoms with Crippen LogP contribution in [0.25, 0.3) is 11.2 Å². The summed E-state index contributed by atoms with van der Waals surface area (Å²) in [5, 5.41) is 16.0. The van der Waals surface area contributed by atoms with E-state index in [9.17, 15) is 13.7 Å². The largest absolute Gasteiger partial charge is 0.351 e. The lowest BCUT2D eigenvalue weighted by atomic mass is 9.92. The average Bonchev–Trinajstić information content (AvgIpc) is 3.18. The van der Waals surface area contributed by atoms with Gasteiger partial charge in [-0.1, -0.05) is 15.9 Å². The van der Waals surface area contributed by atoms with Crippen molar-refractivity contribution >= 4 is 54.6 Å². The maximum Gasteiger partial charge on any atom is 0.227 e. The van der Waals surface area contributed by atoms with Crippen molar-refractivity contribution in [2.24, 2.45) is 0 Å². The van der Waals surface area contributed by atoms with E-state index in [0.29, 0.717) is 34.2 Å². The van der Waals surface area contributed by atoms with Gasteiger partial charge in [0.25, 0.3) is 0 Å². The summed E-state index contributed by atoms with van der Waals surface area (Å²) in [7, 11) is -3.21. The van der Waals surface area contributed by atoms with E-state index in [1.54, 1.807) is 18.5 Å². The molecule has 0 radical (unpaired) electrons. The predicted molar refractivity (Wildman–Crippen MR) is 135 cm³/mol. The fraction of sp³-hybridized carbons (Fsp3) is 0.455. The topological polar surface area (TPSA) is 138 Å². The fourth-order valence-electron chi connectivity index (χ4n) is 4.15. The number of hydrogen-bond acceptors (Lipinski definition) is 8. The van der Waals surface area contributed by atoms with Crippen molar-refractivity contribution in [1.29, 1.82) is 5.26 Å². The van der Waals surface area contributed by atoms with Crippen LogP contribution in [0.2, 0.25) is 0 Å². The van der Waals surface area contributed by atoms with E-state index in [-0.39, 0.29) is 18.1 Å². The highest BCUT2D eigenvalue weighted by Gasteiger charge is 2.24. The molecule has 0 spiro atoms. The van der Waals surface area contributed by atoms with Crippen LogP contribution in [0, 0.1) is 11.3 Å². The first-order valence-corrected chi connectivity index (χ1v) is 13.8. The van der Waals surface area contributed by atoms with Crippen molar-refractivity contribution in [3.63, 3.8) is 0 Å². The molecule has 4 rings (SSSR count). The Bertz CT molecular complexity index is 1340. The summed E-state index contributed by atoms with van der Waals surface area (Å²) in [6.45, 7) is 4.12. The van der Waals surface area contributed by atoms with Gasteiger partial charge in [-0.2, -0.15) is 15.2 Å². The standard InChI is InChI=1S/C22H27BrN8O2S/c1-13(2)31-12-25-19-20(26-18-9-14(11-24)8-15(23)10-18)28-22(29-21(19)31)27-16-4-6-17(7-5-16)30-34(3,32)33/h8-10,12-13,16-17,30H,4-7H2,1-3H3,(H2,26,27,28,29). The lowest BCUT2D eigenvalue weighted by molar-refractivity contribution is 0.387. The zero-order valence-corrected chi connectivity index (χ0v) is 21.6. The smallest absolute Gasteiger partial charge is 0.227 e. The van der Waals surface area contributed by atoms with Crippen LogP contribution in [0.4, 0.5) is 17.5 Å². The van der Waals surface area contributed by atoms with Gasteiger partial charge in [0.1, 0.15) is 0 Å². The van der Waals surface area contributed by atoms with Gasteiger partial charge in [-0.3, -0.25) is 0 Å². The lowest BCUT2D eigenvalue weighted by Crippen LogP contribution is -2.39. The molecule has 180 valence electrons. The summed E-state index contributed by atoms with van der Waals surface area (Å²) in [5.41, 5.74) is 2.58. The van der Waals surface area contributed by atoms with E-state index in [2.05, 4.69) is 56.2 Å². The molecule has 34 heavy (non-hydrogen) atoms. The van der Waals surface area contributed by atoms with Crippen LogP contribution in [0.15, 0.2) is 29.0 Å². The normalized spacial score (nSPS) is 18.7. The maximum absolute atomic E-state index is 11.5. The molecule has 1 aliphatic carbocycles. The van der Waals surface area contributed by atoms with E-state index in [1.807, 2.05) is 10.6 Å². The van der Waals surface area contributed by atoms with Crippen LogP contribution in [0.3, 0.4) is 0 Å². The van der Waals surface area contributed by atoms with Crippen LogP contribution in [0.1, 0.15) is 51.1 Å². The van der Waals surface area contributed by atoms with Crippen molar-refractivity contribution in [2.45, 2.75) is 57.7 Å². The molecule has 12 heteroatoms. The lowest BCUT2D eigenvalue weighted by Gasteiger charge is -2.29. The Hall–Kier alpha value is -2.75. The van der Waals surface area contributed by atoms with Gasteiger partial charge in [0, 0.05) is 28.3 Å². The summed E-state index contributed by atoms with van der Waals surface area (Å²) >= 11 is 3.44. The van der Waals surface area contributed by atoms with Crippen molar-refractivity contribution < 1.29 is 8.42 Å². The molecule has 0 bridgehead atoms. The Morgan fingerprint density at radius 2 is 1.85 bits per heavy atom. The number of rotatable bonds is 7. The minimum atomic E-state index is -3.21. The van der Waals surface area contributed by atoms with Gasteiger partial charge < -0.3 is 15.2 Å². The molecule has 3 N–H and O–H groups in total. The Balaban J connectivity index is 1.61. The number of nitriles is 1. The fourth-order valence-corrected chi connectivity index (χ4v) is 5.48.